The largest absolute Gasteiger partial charge is 0.399 e. The predicted molar refractivity (Wildman–Crippen MR) is 81.8 cm³/mol. The van der Waals surface area contributed by atoms with Crippen molar-refractivity contribution in [3.63, 3.8) is 0 Å². The van der Waals surface area contributed by atoms with Gasteiger partial charge in [0.25, 0.3) is 0 Å². The molecule has 0 fully saturated rings. The average molecular weight is 406 g/mol. The van der Waals surface area contributed by atoms with Gasteiger partial charge in [-0.3, -0.25) is 0 Å². The van der Waals surface area contributed by atoms with E-state index in [4.69, 9.17) is 5.73 Å². The van der Waals surface area contributed by atoms with E-state index in [1.807, 2.05) is 30.3 Å². The minimum absolute atomic E-state index is 0.806. The quantitative estimate of drug-likeness (QED) is 0.574. The van der Waals surface area contributed by atoms with Crippen LogP contribution in [0.2, 0.25) is 0 Å². The summed E-state index contributed by atoms with van der Waals surface area (Å²) in [6, 6.07) is 14.2. The minimum atomic E-state index is 0.806. The fraction of sp³-hybridized carbons (Fsp3) is 0. The summed E-state index contributed by atoms with van der Waals surface area (Å²) in [5, 5.41) is 0. The van der Waals surface area contributed by atoms with Crippen LogP contribution >= 0.6 is 50.3 Å². The Balaban J connectivity index is 2.31. The standard InChI is InChI=1S/C12H9BrINS/c13-9-3-1-2-4-11(9)16-12-6-5-8(15)7-10(12)14/h1-7H,15H2. The zero-order chi connectivity index (χ0) is 11.5. The van der Waals surface area contributed by atoms with Gasteiger partial charge in [-0.2, -0.15) is 0 Å². The summed E-state index contributed by atoms with van der Waals surface area (Å²) in [4.78, 5) is 2.44. The first-order valence-electron chi connectivity index (χ1n) is 4.64. The molecule has 0 radical (unpaired) electrons. The summed E-state index contributed by atoms with van der Waals surface area (Å²) in [6.07, 6.45) is 0. The number of halogens is 2. The van der Waals surface area contributed by atoms with Crippen LogP contribution in [-0.2, 0) is 0 Å². The van der Waals surface area contributed by atoms with Crippen molar-refractivity contribution in [1.82, 2.24) is 0 Å². The van der Waals surface area contributed by atoms with Crippen molar-refractivity contribution >= 4 is 56.0 Å². The Kier molecular flexibility index (Phi) is 4.16. The van der Waals surface area contributed by atoms with E-state index in [1.54, 1.807) is 11.8 Å². The Morgan fingerprint density at radius 2 is 1.81 bits per heavy atom. The first-order chi connectivity index (χ1) is 7.66. The number of nitrogens with two attached hydrogens (primary N) is 1. The van der Waals surface area contributed by atoms with Crippen molar-refractivity contribution in [3.05, 3.63) is 50.5 Å². The Hall–Kier alpha value is -0.200. The van der Waals surface area contributed by atoms with Crippen molar-refractivity contribution in [1.29, 1.82) is 0 Å². The molecule has 0 saturated carbocycles. The van der Waals surface area contributed by atoms with Gasteiger partial charge in [0.15, 0.2) is 0 Å². The molecular weight excluding hydrogens is 397 g/mol. The van der Waals surface area contributed by atoms with Gasteiger partial charge in [0.1, 0.15) is 0 Å². The Bertz CT molecular complexity index is 516. The van der Waals surface area contributed by atoms with Gasteiger partial charge in [0, 0.05) is 23.5 Å². The van der Waals surface area contributed by atoms with Crippen LogP contribution in [0.4, 0.5) is 5.69 Å². The smallest absolute Gasteiger partial charge is 0.0325 e. The highest BCUT2D eigenvalue weighted by atomic mass is 127. The molecule has 4 heteroatoms. The molecule has 0 aliphatic carbocycles. The minimum Gasteiger partial charge on any atom is -0.399 e. The molecule has 2 N–H and O–H groups in total. The highest BCUT2D eigenvalue weighted by molar-refractivity contribution is 14.1. The van der Waals surface area contributed by atoms with E-state index in [9.17, 15) is 0 Å². The van der Waals surface area contributed by atoms with Gasteiger partial charge >= 0.3 is 0 Å². The van der Waals surface area contributed by atoms with Gasteiger partial charge in [-0.05, 0) is 68.9 Å². The summed E-state index contributed by atoms with van der Waals surface area (Å²) >= 11 is 7.59. The molecule has 16 heavy (non-hydrogen) atoms. The third-order valence-corrected chi connectivity index (χ3v) is 5.38. The molecule has 0 atom stereocenters. The molecule has 2 rings (SSSR count). The molecule has 1 nitrogen and oxygen atoms in total. The number of nitrogen functional groups attached to an aromatic ring is 1. The first kappa shape index (κ1) is 12.3. The summed E-state index contributed by atoms with van der Waals surface area (Å²) in [5.41, 5.74) is 6.53. The monoisotopic (exact) mass is 405 g/mol. The number of hydrogen-bond donors (Lipinski definition) is 1. The molecule has 2 aromatic rings. The van der Waals surface area contributed by atoms with Crippen LogP contribution in [0, 0.1) is 3.57 Å². The van der Waals surface area contributed by atoms with E-state index < -0.39 is 0 Å². The average Bonchev–Trinajstić information content (AvgIpc) is 2.25. The second-order valence-corrected chi connectivity index (χ2v) is 6.32. The van der Waals surface area contributed by atoms with E-state index >= 15 is 0 Å². The molecule has 82 valence electrons. The van der Waals surface area contributed by atoms with Crippen LogP contribution in [0.3, 0.4) is 0 Å². The molecule has 0 unspecified atom stereocenters. The number of anilines is 1. The van der Waals surface area contributed by atoms with Crippen molar-refractivity contribution in [2.24, 2.45) is 0 Å². The zero-order valence-electron chi connectivity index (χ0n) is 8.28. The molecule has 0 saturated heterocycles. The fourth-order valence-corrected chi connectivity index (χ4v) is 3.48. The molecule has 0 heterocycles. The lowest BCUT2D eigenvalue weighted by Crippen LogP contribution is -1.87. The summed E-state index contributed by atoms with van der Waals surface area (Å²) in [6.45, 7) is 0. The third-order valence-electron chi connectivity index (χ3n) is 2.01. The van der Waals surface area contributed by atoms with Crippen molar-refractivity contribution in [2.75, 3.05) is 5.73 Å². The maximum atomic E-state index is 5.73. The fourth-order valence-electron chi connectivity index (χ4n) is 1.25. The van der Waals surface area contributed by atoms with E-state index in [1.165, 1.54) is 13.4 Å². The molecule has 0 bridgehead atoms. The highest BCUT2D eigenvalue weighted by Gasteiger charge is 2.05. The molecule has 0 aromatic heterocycles. The van der Waals surface area contributed by atoms with Crippen molar-refractivity contribution < 1.29 is 0 Å². The Morgan fingerprint density at radius 1 is 1.06 bits per heavy atom. The van der Waals surface area contributed by atoms with Crippen LogP contribution in [0.25, 0.3) is 0 Å². The second kappa shape index (κ2) is 5.42. The maximum Gasteiger partial charge on any atom is 0.0325 e. The summed E-state index contributed by atoms with van der Waals surface area (Å²) in [5.74, 6) is 0. The maximum absolute atomic E-state index is 5.73. The molecule has 0 amide bonds. The van der Waals surface area contributed by atoms with Crippen molar-refractivity contribution in [2.45, 2.75) is 9.79 Å². The van der Waals surface area contributed by atoms with Crippen LogP contribution in [0.1, 0.15) is 0 Å². The number of benzene rings is 2. The molecule has 0 aliphatic rings. The lowest BCUT2D eigenvalue weighted by molar-refractivity contribution is 1.35. The predicted octanol–water partition coefficient (Wildman–Crippen LogP) is 4.79. The SMILES string of the molecule is Nc1ccc(Sc2ccccc2Br)c(I)c1. The molecule has 0 spiro atoms. The topological polar surface area (TPSA) is 26.0 Å². The van der Waals surface area contributed by atoms with Crippen LogP contribution in [0.5, 0.6) is 0 Å². The van der Waals surface area contributed by atoms with Crippen LogP contribution < -0.4 is 5.73 Å². The number of hydrogen-bond acceptors (Lipinski definition) is 2. The van der Waals surface area contributed by atoms with Gasteiger partial charge in [-0.25, -0.2) is 0 Å². The lowest BCUT2D eigenvalue weighted by atomic mass is 10.3. The van der Waals surface area contributed by atoms with Crippen LogP contribution in [0.15, 0.2) is 56.7 Å². The van der Waals surface area contributed by atoms with Gasteiger partial charge < -0.3 is 5.73 Å². The van der Waals surface area contributed by atoms with Gasteiger partial charge in [0.05, 0.1) is 0 Å². The Labute approximate surface area is 121 Å². The summed E-state index contributed by atoms with van der Waals surface area (Å²) < 4.78 is 2.30. The van der Waals surface area contributed by atoms with Gasteiger partial charge in [0.2, 0.25) is 0 Å². The van der Waals surface area contributed by atoms with E-state index in [-0.39, 0.29) is 0 Å². The van der Waals surface area contributed by atoms with Gasteiger partial charge in [-0.1, -0.05) is 23.9 Å². The van der Waals surface area contributed by atoms with Crippen LogP contribution in [-0.4, -0.2) is 0 Å². The molecule has 0 aliphatic heterocycles. The van der Waals surface area contributed by atoms with E-state index in [0.29, 0.717) is 0 Å². The first-order valence-corrected chi connectivity index (χ1v) is 7.33. The Morgan fingerprint density at radius 3 is 2.50 bits per heavy atom. The normalized spacial score (nSPS) is 10.4. The molecular formula is C12H9BrINS. The second-order valence-electron chi connectivity index (χ2n) is 3.22. The van der Waals surface area contributed by atoms with Gasteiger partial charge in [-0.15, -0.1) is 0 Å². The number of rotatable bonds is 2. The highest BCUT2D eigenvalue weighted by Crippen LogP contribution is 2.36. The lowest BCUT2D eigenvalue weighted by Gasteiger charge is -2.06. The summed E-state index contributed by atoms with van der Waals surface area (Å²) in [7, 11) is 0. The van der Waals surface area contributed by atoms with E-state index in [0.717, 1.165) is 10.2 Å². The molecule has 2 aromatic carbocycles. The third kappa shape index (κ3) is 2.93. The van der Waals surface area contributed by atoms with E-state index in [2.05, 4.69) is 50.7 Å². The van der Waals surface area contributed by atoms with Crippen molar-refractivity contribution in [3.8, 4) is 0 Å². The zero-order valence-corrected chi connectivity index (χ0v) is 12.8.